The van der Waals surface area contributed by atoms with Crippen LogP contribution in [0.2, 0.25) is 0 Å². The lowest BCUT2D eigenvalue weighted by Crippen LogP contribution is -2.04. The molecule has 4 nitrogen and oxygen atoms in total. The maximum Gasteiger partial charge on any atom is 0.125 e. The van der Waals surface area contributed by atoms with E-state index in [0.717, 1.165) is 18.1 Å². The first kappa shape index (κ1) is 10.7. The van der Waals surface area contributed by atoms with E-state index < -0.39 is 0 Å². The molecule has 4 heteroatoms. The molecule has 0 saturated heterocycles. The van der Waals surface area contributed by atoms with E-state index in [2.05, 4.69) is 28.4 Å². The summed E-state index contributed by atoms with van der Waals surface area (Å²) in [5.74, 6) is 0.888. The lowest BCUT2D eigenvalue weighted by Gasteiger charge is -2.06. The summed E-state index contributed by atoms with van der Waals surface area (Å²) in [7, 11) is 1.87. The van der Waals surface area contributed by atoms with Gasteiger partial charge in [0.05, 0.1) is 12.2 Å². The van der Waals surface area contributed by atoms with Crippen LogP contribution in [0, 0.1) is 13.8 Å². The Hall–Kier alpha value is -1.84. The van der Waals surface area contributed by atoms with Crippen molar-refractivity contribution in [2.75, 3.05) is 12.4 Å². The maximum absolute atomic E-state index is 4.44. The van der Waals surface area contributed by atoms with Gasteiger partial charge in [0.15, 0.2) is 0 Å². The fraction of sp³-hybridized carbons (Fsp3) is 0.333. The number of hydrogen-bond donors (Lipinski definition) is 1. The normalized spacial score (nSPS) is 10.4. The summed E-state index contributed by atoms with van der Waals surface area (Å²) >= 11 is 0. The van der Waals surface area contributed by atoms with Crippen LogP contribution in [0.5, 0.6) is 0 Å². The highest BCUT2D eigenvalue weighted by atomic mass is 15.3. The molecule has 0 saturated carbocycles. The van der Waals surface area contributed by atoms with Gasteiger partial charge in [0, 0.05) is 18.9 Å². The van der Waals surface area contributed by atoms with E-state index >= 15 is 0 Å². The predicted octanol–water partition coefficient (Wildman–Crippen LogP) is 1.98. The van der Waals surface area contributed by atoms with E-state index in [9.17, 15) is 0 Å². The van der Waals surface area contributed by atoms with Crippen LogP contribution in [-0.2, 0) is 6.54 Å². The average Bonchev–Trinajstić information content (AvgIpc) is 2.58. The van der Waals surface area contributed by atoms with Gasteiger partial charge >= 0.3 is 0 Å². The Labute approximate surface area is 95.3 Å². The molecular weight excluding hydrogens is 200 g/mol. The molecule has 0 aromatic carbocycles. The average molecular weight is 216 g/mol. The molecule has 0 atom stereocenters. The second-order valence-electron chi connectivity index (χ2n) is 3.88. The Morgan fingerprint density at radius 3 is 2.75 bits per heavy atom. The number of aromatic nitrogens is 3. The molecule has 0 bridgehead atoms. The zero-order chi connectivity index (χ0) is 11.5. The Balaban J connectivity index is 2.23. The highest BCUT2D eigenvalue weighted by molar-refractivity contribution is 5.36. The highest BCUT2D eigenvalue weighted by Crippen LogP contribution is 2.10. The first-order valence-corrected chi connectivity index (χ1v) is 5.33. The van der Waals surface area contributed by atoms with Crippen molar-refractivity contribution in [3.05, 3.63) is 41.3 Å². The van der Waals surface area contributed by atoms with Crippen LogP contribution in [0.3, 0.4) is 0 Å². The molecule has 0 spiro atoms. The minimum atomic E-state index is 0.789. The topological polar surface area (TPSA) is 42.7 Å². The molecule has 2 rings (SSSR count). The largest absolute Gasteiger partial charge is 0.373 e. The summed E-state index contributed by atoms with van der Waals surface area (Å²) in [5.41, 5.74) is 3.44. The van der Waals surface area contributed by atoms with Gasteiger partial charge in [-0.25, -0.2) is 4.98 Å². The van der Waals surface area contributed by atoms with Gasteiger partial charge in [0.25, 0.3) is 0 Å². The third kappa shape index (κ3) is 2.21. The Bertz CT molecular complexity index is 488. The number of rotatable bonds is 3. The summed E-state index contributed by atoms with van der Waals surface area (Å²) < 4.78 is 2.00. The van der Waals surface area contributed by atoms with Crippen LogP contribution in [-0.4, -0.2) is 21.8 Å². The summed E-state index contributed by atoms with van der Waals surface area (Å²) in [6.07, 6.45) is 1.81. The minimum absolute atomic E-state index is 0.789. The maximum atomic E-state index is 4.44. The second-order valence-corrected chi connectivity index (χ2v) is 3.88. The van der Waals surface area contributed by atoms with Gasteiger partial charge in [-0.3, -0.25) is 4.68 Å². The molecule has 0 aliphatic rings. The van der Waals surface area contributed by atoms with Crippen LogP contribution in [0.25, 0.3) is 0 Å². The van der Waals surface area contributed by atoms with Crippen molar-refractivity contribution in [3.8, 4) is 0 Å². The Morgan fingerprint density at radius 2 is 2.12 bits per heavy atom. The number of nitrogens with zero attached hydrogens (tertiary/aromatic N) is 3. The van der Waals surface area contributed by atoms with Crippen LogP contribution >= 0.6 is 0 Å². The molecule has 0 amide bonds. The summed E-state index contributed by atoms with van der Waals surface area (Å²) in [6.45, 7) is 4.87. The smallest absolute Gasteiger partial charge is 0.125 e. The van der Waals surface area contributed by atoms with Gasteiger partial charge in [-0.1, -0.05) is 0 Å². The van der Waals surface area contributed by atoms with E-state index in [4.69, 9.17) is 0 Å². The van der Waals surface area contributed by atoms with E-state index in [1.807, 2.05) is 37.0 Å². The van der Waals surface area contributed by atoms with Gasteiger partial charge in [-0.15, -0.1) is 0 Å². The lowest BCUT2D eigenvalue weighted by molar-refractivity contribution is 0.658. The zero-order valence-corrected chi connectivity index (χ0v) is 9.86. The summed E-state index contributed by atoms with van der Waals surface area (Å²) in [5, 5.41) is 7.47. The van der Waals surface area contributed by atoms with Crippen molar-refractivity contribution in [2.24, 2.45) is 0 Å². The second kappa shape index (κ2) is 4.35. The van der Waals surface area contributed by atoms with Crippen molar-refractivity contribution in [1.82, 2.24) is 14.8 Å². The number of nitrogens with one attached hydrogen (secondary N) is 1. The molecule has 2 aromatic rings. The number of pyridine rings is 1. The third-order valence-electron chi connectivity index (χ3n) is 2.52. The van der Waals surface area contributed by atoms with E-state index in [-0.39, 0.29) is 0 Å². The SMILES string of the molecule is CNc1cc(Cn2nc(C)cc2C)ccn1. The van der Waals surface area contributed by atoms with Crippen LogP contribution in [0.4, 0.5) is 5.82 Å². The monoisotopic (exact) mass is 216 g/mol. The molecule has 16 heavy (non-hydrogen) atoms. The Kier molecular flexibility index (Phi) is 2.90. The summed E-state index contributed by atoms with van der Waals surface area (Å²) in [4.78, 5) is 4.19. The molecule has 1 N–H and O–H groups in total. The molecule has 0 aliphatic carbocycles. The molecule has 0 unspecified atom stereocenters. The van der Waals surface area contributed by atoms with Gasteiger partial charge < -0.3 is 5.32 Å². The molecule has 0 aliphatic heterocycles. The molecule has 2 heterocycles. The van der Waals surface area contributed by atoms with Crippen molar-refractivity contribution >= 4 is 5.82 Å². The van der Waals surface area contributed by atoms with E-state index in [1.165, 1.54) is 11.3 Å². The van der Waals surface area contributed by atoms with Gasteiger partial charge in [0.1, 0.15) is 5.82 Å². The number of hydrogen-bond acceptors (Lipinski definition) is 3. The van der Waals surface area contributed by atoms with Crippen LogP contribution in [0.1, 0.15) is 17.0 Å². The molecular formula is C12H16N4. The molecule has 0 radical (unpaired) electrons. The fourth-order valence-corrected chi connectivity index (χ4v) is 1.72. The lowest BCUT2D eigenvalue weighted by atomic mass is 10.2. The first-order chi connectivity index (χ1) is 7.69. The van der Waals surface area contributed by atoms with Crippen molar-refractivity contribution < 1.29 is 0 Å². The quantitative estimate of drug-likeness (QED) is 0.853. The van der Waals surface area contributed by atoms with Gasteiger partial charge in [0.2, 0.25) is 0 Å². The zero-order valence-electron chi connectivity index (χ0n) is 9.86. The minimum Gasteiger partial charge on any atom is -0.373 e. The number of aryl methyl sites for hydroxylation is 2. The van der Waals surface area contributed by atoms with Gasteiger partial charge in [-0.2, -0.15) is 5.10 Å². The number of anilines is 1. The van der Waals surface area contributed by atoms with Crippen molar-refractivity contribution in [2.45, 2.75) is 20.4 Å². The van der Waals surface area contributed by atoms with Crippen molar-refractivity contribution in [1.29, 1.82) is 0 Å². The molecule has 84 valence electrons. The molecule has 2 aromatic heterocycles. The fourth-order valence-electron chi connectivity index (χ4n) is 1.72. The molecule has 0 fully saturated rings. The standard InChI is InChI=1S/C12H16N4/c1-9-6-10(2)16(15-9)8-11-4-5-14-12(7-11)13-3/h4-7H,8H2,1-3H3,(H,13,14). The predicted molar refractivity (Wildman–Crippen MR) is 64.6 cm³/mol. The first-order valence-electron chi connectivity index (χ1n) is 5.33. The van der Waals surface area contributed by atoms with E-state index in [0.29, 0.717) is 0 Å². The van der Waals surface area contributed by atoms with Crippen LogP contribution < -0.4 is 5.32 Å². The van der Waals surface area contributed by atoms with Gasteiger partial charge in [-0.05, 0) is 37.6 Å². The van der Waals surface area contributed by atoms with Crippen molar-refractivity contribution in [3.63, 3.8) is 0 Å². The Morgan fingerprint density at radius 1 is 1.31 bits per heavy atom. The third-order valence-corrected chi connectivity index (χ3v) is 2.52. The highest BCUT2D eigenvalue weighted by Gasteiger charge is 2.02. The van der Waals surface area contributed by atoms with Crippen LogP contribution in [0.15, 0.2) is 24.4 Å². The summed E-state index contributed by atoms with van der Waals surface area (Å²) in [6, 6.07) is 6.13. The van der Waals surface area contributed by atoms with E-state index in [1.54, 1.807) is 0 Å².